The van der Waals surface area contributed by atoms with E-state index in [0.29, 0.717) is 16.2 Å². The molecule has 0 aliphatic rings. The maximum atomic E-state index is 11.7. The summed E-state index contributed by atoms with van der Waals surface area (Å²) in [6.45, 7) is 1.65. The summed E-state index contributed by atoms with van der Waals surface area (Å²) in [5.74, 6) is -0.500. The second-order valence-electron chi connectivity index (χ2n) is 4.29. The Kier molecular flexibility index (Phi) is 4.89. The lowest BCUT2D eigenvalue weighted by Gasteiger charge is -2.06. The molecule has 110 valence electrons. The zero-order chi connectivity index (χ0) is 15.2. The van der Waals surface area contributed by atoms with Gasteiger partial charge in [0.1, 0.15) is 5.76 Å². The van der Waals surface area contributed by atoms with Gasteiger partial charge in [0, 0.05) is 12.8 Å². The highest BCUT2D eigenvalue weighted by atomic mass is 32.1. The van der Waals surface area contributed by atoms with E-state index in [0.717, 1.165) is 0 Å². The third kappa shape index (κ3) is 4.03. The minimum atomic E-state index is -0.459. The molecule has 0 radical (unpaired) electrons. The summed E-state index contributed by atoms with van der Waals surface area (Å²) in [6.07, 6.45) is 1.51. The van der Waals surface area contributed by atoms with Gasteiger partial charge >= 0.3 is 0 Å². The van der Waals surface area contributed by atoms with E-state index in [2.05, 4.69) is 10.9 Å². The fraction of sp³-hybridized carbons (Fsp3) is 0.214. The van der Waals surface area contributed by atoms with Gasteiger partial charge in [0.2, 0.25) is 5.91 Å². The van der Waals surface area contributed by atoms with Crippen LogP contribution >= 0.6 is 11.3 Å². The Morgan fingerprint density at radius 3 is 2.62 bits per heavy atom. The predicted octanol–water partition coefficient (Wildman–Crippen LogP) is 2.07. The van der Waals surface area contributed by atoms with Crippen LogP contribution in [0.1, 0.15) is 38.6 Å². The molecule has 2 aromatic heterocycles. The van der Waals surface area contributed by atoms with Gasteiger partial charge in [-0.1, -0.05) is 6.07 Å². The number of hydrazine groups is 1. The van der Waals surface area contributed by atoms with Crippen molar-refractivity contribution in [3.05, 3.63) is 46.0 Å². The highest BCUT2D eigenvalue weighted by Crippen LogP contribution is 2.12. The average molecular weight is 306 g/mol. The van der Waals surface area contributed by atoms with Crippen LogP contribution in [0.15, 0.2) is 34.3 Å². The zero-order valence-electron chi connectivity index (χ0n) is 11.3. The molecule has 21 heavy (non-hydrogen) atoms. The summed E-state index contributed by atoms with van der Waals surface area (Å²) in [4.78, 5) is 35.6. The van der Waals surface area contributed by atoms with Crippen molar-refractivity contribution in [2.45, 2.75) is 19.8 Å². The number of ketones is 1. The van der Waals surface area contributed by atoms with Crippen molar-refractivity contribution < 1.29 is 18.8 Å². The van der Waals surface area contributed by atoms with Crippen LogP contribution in [0.3, 0.4) is 0 Å². The third-order valence-electron chi connectivity index (χ3n) is 2.79. The van der Waals surface area contributed by atoms with Gasteiger partial charge in [-0.2, -0.15) is 0 Å². The summed E-state index contributed by atoms with van der Waals surface area (Å²) in [5.41, 5.74) is 4.90. The molecule has 0 aliphatic carbocycles. The first-order chi connectivity index (χ1) is 10.1. The van der Waals surface area contributed by atoms with E-state index in [1.807, 2.05) is 0 Å². The molecule has 0 bridgehead atoms. The van der Waals surface area contributed by atoms with Crippen LogP contribution in [0.5, 0.6) is 0 Å². The second-order valence-corrected chi connectivity index (χ2v) is 5.24. The first-order valence-corrected chi connectivity index (χ1v) is 7.16. The van der Waals surface area contributed by atoms with E-state index in [4.69, 9.17) is 4.42 Å². The quantitative estimate of drug-likeness (QED) is 0.654. The zero-order valence-corrected chi connectivity index (χ0v) is 12.2. The van der Waals surface area contributed by atoms with Gasteiger partial charge in [0.25, 0.3) is 5.91 Å². The maximum absolute atomic E-state index is 11.7. The Hall–Kier alpha value is -2.41. The van der Waals surface area contributed by atoms with E-state index in [9.17, 15) is 14.4 Å². The van der Waals surface area contributed by atoms with Crippen LogP contribution in [0, 0.1) is 6.92 Å². The lowest BCUT2D eigenvalue weighted by atomic mass is 10.2. The number of Topliss-reactive ketones (excluding diaryl/α,β-unsaturated/α-hetero) is 1. The number of amides is 2. The Morgan fingerprint density at radius 2 is 2.00 bits per heavy atom. The Labute approximate surface area is 125 Å². The summed E-state index contributed by atoms with van der Waals surface area (Å²) in [5, 5.41) is 1.81. The van der Waals surface area contributed by atoms with Gasteiger partial charge in [0.05, 0.1) is 16.7 Å². The van der Waals surface area contributed by atoms with Crippen molar-refractivity contribution in [3.63, 3.8) is 0 Å². The summed E-state index contributed by atoms with van der Waals surface area (Å²) < 4.78 is 5.00. The van der Waals surface area contributed by atoms with Crippen molar-refractivity contribution in [1.82, 2.24) is 10.9 Å². The van der Waals surface area contributed by atoms with Gasteiger partial charge in [-0.15, -0.1) is 11.3 Å². The van der Waals surface area contributed by atoms with Crippen molar-refractivity contribution >= 4 is 28.9 Å². The first-order valence-electron chi connectivity index (χ1n) is 6.28. The molecule has 2 amide bonds. The van der Waals surface area contributed by atoms with Crippen LogP contribution < -0.4 is 10.9 Å². The third-order valence-corrected chi connectivity index (χ3v) is 3.70. The summed E-state index contributed by atoms with van der Waals surface area (Å²) in [6, 6.07) is 5.01. The Morgan fingerprint density at radius 1 is 1.19 bits per heavy atom. The molecule has 0 aromatic carbocycles. The highest BCUT2D eigenvalue weighted by molar-refractivity contribution is 7.12. The normalized spacial score (nSPS) is 10.1. The fourth-order valence-corrected chi connectivity index (χ4v) is 2.36. The topological polar surface area (TPSA) is 88.4 Å². The van der Waals surface area contributed by atoms with E-state index in [1.54, 1.807) is 24.4 Å². The molecule has 6 nitrogen and oxygen atoms in total. The van der Waals surface area contributed by atoms with E-state index >= 15 is 0 Å². The molecule has 7 heteroatoms. The van der Waals surface area contributed by atoms with Gasteiger partial charge in [-0.25, -0.2) is 0 Å². The minimum absolute atomic E-state index is 0.0153. The number of hydrogen-bond donors (Lipinski definition) is 2. The smallest absolute Gasteiger partial charge is 0.273 e. The number of nitrogens with one attached hydrogen (secondary N) is 2. The lowest BCUT2D eigenvalue weighted by molar-refractivity contribution is -0.121. The summed E-state index contributed by atoms with van der Waals surface area (Å²) in [7, 11) is 0. The summed E-state index contributed by atoms with van der Waals surface area (Å²) >= 11 is 1.34. The van der Waals surface area contributed by atoms with Gasteiger partial charge in [0.15, 0.2) is 5.78 Å². The van der Waals surface area contributed by atoms with Crippen LogP contribution in [0.2, 0.25) is 0 Å². The average Bonchev–Trinajstić information content (AvgIpc) is 3.13. The lowest BCUT2D eigenvalue weighted by Crippen LogP contribution is -2.41. The number of thiophene rings is 1. The van der Waals surface area contributed by atoms with Crippen molar-refractivity contribution in [3.8, 4) is 0 Å². The molecule has 2 N–H and O–H groups in total. The molecule has 0 saturated carbocycles. The number of aryl methyl sites for hydroxylation is 1. The highest BCUT2D eigenvalue weighted by Gasteiger charge is 2.13. The minimum Gasteiger partial charge on any atom is -0.469 e. The Balaban J connectivity index is 1.74. The number of carbonyl (C=O) groups is 3. The Bertz CT molecular complexity index is 646. The maximum Gasteiger partial charge on any atom is 0.273 e. The molecule has 2 heterocycles. The molecule has 0 unspecified atom stereocenters. The van der Waals surface area contributed by atoms with Crippen molar-refractivity contribution in [1.29, 1.82) is 0 Å². The van der Waals surface area contributed by atoms with Gasteiger partial charge in [-0.3, -0.25) is 25.2 Å². The van der Waals surface area contributed by atoms with Crippen molar-refractivity contribution in [2.24, 2.45) is 0 Å². The monoisotopic (exact) mass is 306 g/mol. The molecule has 0 aliphatic heterocycles. The molecule has 0 atom stereocenters. The van der Waals surface area contributed by atoms with Gasteiger partial charge in [-0.05, 0) is 24.4 Å². The molecular weight excluding hydrogens is 292 g/mol. The first kappa shape index (κ1) is 15.0. The van der Waals surface area contributed by atoms with Crippen LogP contribution in [0.4, 0.5) is 0 Å². The fourth-order valence-electron chi connectivity index (χ4n) is 1.66. The van der Waals surface area contributed by atoms with Crippen LogP contribution in [-0.4, -0.2) is 17.6 Å². The predicted molar refractivity (Wildman–Crippen MR) is 76.9 cm³/mol. The standard InChI is InChI=1S/C14H14N2O4S/c1-9-10(6-7-20-9)14(19)16-15-13(18)5-4-11(17)12-3-2-8-21-12/h2-3,6-8H,4-5H2,1H3,(H,15,18)(H,16,19). The number of hydrogen-bond acceptors (Lipinski definition) is 5. The molecule has 2 rings (SSSR count). The largest absolute Gasteiger partial charge is 0.469 e. The number of carbonyl (C=O) groups excluding carboxylic acids is 3. The van der Waals surface area contributed by atoms with Crippen LogP contribution in [-0.2, 0) is 4.79 Å². The van der Waals surface area contributed by atoms with Crippen LogP contribution in [0.25, 0.3) is 0 Å². The molecule has 0 saturated heterocycles. The van der Waals surface area contributed by atoms with Gasteiger partial charge < -0.3 is 4.42 Å². The number of rotatable bonds is 5. The van der Waals surface area contributed by atoms with Crippen molar-refractivity contribution in [2.75, 3.05) is 0 Å². The SMILES string of the molecule is Cc1occc1C(=O)NNC(=O)CCC(=O)c1cccs1. The van der Waals surface area contributed by atoms with E-state index < -0.39 is 11.8 Å². The molecule has 0 spiro atoms. The van der Waals surface area contributed by atoms with E-state index in [1.165, 1.54) is 23.7 Å². The molecular formula is C14H14N2O4S. The molecule has 0 fully saturated rings. The van der Waals surface area contributed by atoms with E-state index in [-0.39, 0.29) is 18.6 Å². The molecule has 2 aromatic rings. The second kappa shape index (κ2) is 6.85. The number of furan rings is 1.